The predicted octanol–water partition coefficient (Wildman–Crippen LogP) is 4.14. The zero-order chi connectivity index (χ0) is 13.5. The normalized spacial score (nSPS) is 25.6. The zero-order valence-corrected chi connectivity index (χ0v) is 13.0. The van der Waals surface area contributed by atoms with Gasteiger partial charge in [0.1, 0.15) is 0 Å². The monoisotopic (exact) mass is 267 g/mol. The van der Waals surface area contributed by atoms with E-state index in [0.29, 0.717) is 12.1 Å². The lowest BCUT2D eigenvalue weighted by molar-refractivity contribution is -0.0304. The summed E-state index contributed by atoms with van der Waals surface area (Å²) in [6.45, 7) is 6.35. The SMILES string of the molecule is CCNC(C1CCCC1)C(OCC)C1CCCCC1. The van der Waals surface area contributed by atoms with Crippen LogP contribution in [0, 0.1) is 11.8 Å². The summed E-state index contributed by atoms with van der Waals surface area (Å²) in [5.41, 5.74) is 0. The molecule has 0 aromatic rings. The Hall–Kier alpha value is -0.0800. The average molecular weight is 267 g/mol. The van der Waals surface area contributed by atoms with Crippen molar-refractivity contribution >= 4 is 0 Å². The molecule has 2 aliphatic carbocycles. The molecule has 19 heavy (non-hydrogen) atoms. The highest BCUT2D eigenvalue weighted by molar-refractivity contribution is 4.91. The van der Waals surface area contributed by atoms with Crippen LogP contribution < -0.4 is 5.32 Å². The van der Waals surface area contributed by atoms with Crippen molar-refractivity contribution < 1.29 is 4.74 Å². The second kappa shape index (κ2) is 8.26. The van der Waals surface area contributed by atoms with E-state index in [0.717, 1.165) is 25.0 Å². The third kappa shape index (κ3) is 4.19. The molecule has 2 heteroatoms. The predicted molar refractivity (Wildman–Crippen MR) is 81.4 cm³/mol. The molecule has 2 aliphatic rings. The molecule has 2 unspecified atom stereocenters. The van der Waals surface area contributed by atoms with Crippen molar-refractivity contribution in [3.8, 4) is 0 Å². The van der Waals surface area contributed by atoms with Gasteiger partial charge in [0, 0.05) is 12.6 Å². The van der Waals surface area contributed by atoms with Crippen LogP contribution in [-0.2, 0) is 4.74 Å². The van der Waals surface area contributed by atoms with Gasteiger partial charge in [-0.1, -0.05) is 39.0 Å². The maximum absolute atomic E-state index is 6.25. The van der Waals surface area contributed by atoms with E-state index in [1.807, 2.05) is 0 Å². The molecule has 0 aliphatic heterocycles. The summed E-state index contributed by atoms with van der Waals surface area (Å²) in [6, 6.07) is 0.607. The number of ether oxygens (including phenoxy) is 1. The van der Waals surface area contributed by atoms with Gasteiger partial charge in [0.25, 0.3) is 0 Å². The van der Waals surface area contributed by atoms with Crippen molar-refractivity contribution in [1.29, 1.82) is 0 Å². The van der Waals surface area contributed by atoms with Crippen molar-refractivity contribution in [3.05, 3.63) is 0 Å². The molecule has 0 amide bonds. The fourth-order valence-electron chi connectivity index (χ4n) is 4.29. The molecule has 0 saturated heterocycles. The van der Waals surface area contributed by atoms with Crippen LogP contribution in [0.5, 0.6) is 0 Å². The summed E-state index contributed by atoms with van der Waals surface area (Å²) in [6.07, 6.45) is 13.2. The van der Waals surface area contributed by atoms with E-state index in [-0.39, 0.29) is 0 Å². The van der Waals surface area contributed by atoms with Crippen LogP contribution in [0.4, 0.5) is 0 Å². The van der Waals surface area contributed by atoms with Crippen LogP contribution in [0.15, 0.2) is 0 Å². The molecule has 2 rings (SSSR count). The molecule has 0 heterocycles. The zero-order valence-electron chi connectivity index (χ0n) is 13.0. The van der Waals surface area contributed by atoms with Crippen molar-refractivity contribution in [2.75, 3.05) is 13.2 Å². The Morgan fingerprint density at radius 3 is 2.05 bits per heavy atom. The van der Waals surface area contributed by atoms with Crippen LogP contribution in [-0.4, -0.2) is 25.3 Å². The summed E-state index contributed by atoms with van der Waals surface area (Å²) in [7, 11) is 0. The van der Waals surface area contributed by atoms with E-state index in [9.17, 15) is 0 Å². The van der Waals surface area contributed by atoms with E-state index in [1.165, 1.54) is 57.8 Å². The molecule has 0 aromatic carbocycles. The minimum Gasteiger partial charge on any atom is -0.377 e. The Kier molecular flexibility index (Phi) is 6.66. The van der Waals surface area contributed by atoms with Gasteiger partial charge in [-0.05, 0) is 51.0 Å². The van der Waals surface area contributed by atoms with Crippen molar-refractivity contribution in [1.82, 2.24) is 5.32 Å². The second-order valence-corrected chi connectivity index (χ2v) is 6.45. The lowest BCUT2D eigenvalue weighted by Gasteiger charge is -2.39. The van der Waals surface area contributed by atoms with Gasteiger partial charge in [-0.25, -0.2) is 0 Å². The Balaban J connectivity index is 2.02. The Labute approximate surface area is 119 Å². The number of hydrogen-bond acceptors (Lipinski definition) is 2. The molecule has 0 bridgehead atoms. The molecule has 112 valence electrons. The third-order valence-electron chi connectivity index (χ3n) is 5.18. The molecule has 2 fully saturated rings. The quantitative estimate of drug-likeness (QED) is 0.748. The van der Waals surface area contributed by atoms with Gasteiger partial charge in [-0.2, -0.15) is 0 Å². The Morgan fingerprint density at radius 1 is 0.895 bits per heavy atom. The fraction of sp³-hybridized carbons (Fsp3) is 1.00. The van der Waals surface area contributed by atoms with Gasteiger partial charge in [-0.3, -0.25) is 0 Å². The maximum atomic E-state index is 6.25. The first-order valence-electron chi connectivity index (χ1n) is 8.71. The summed E-state index contributed by atoms with van der Waals surface area (Å²) < 4.78 is 6.25. The van der Waals surface area contributed by atoms with E-state index >= 15 is 0 Å². The molecular formula is C17H33NO. The van der Waals surface area contributed by atoms with Gasteiger partial charge in [0.05, 0.1) is 6.10 Å². The van der Waals surface area contributed by atoms with E-state index in [2.05, 4.69) is 19.2 Å². The minimum atomic E-state index is 0.466. The molecule has 2 nitrogen and oxygen atoms in total. The highest BCUT2D eigenvalue weighted by atomic mass is 16.5. The fourth-order valence-corrected chi connectivity index (χ4v) is 4.29. The van der Waals surface area contributed by atoms with Gasteiger partial charge < -0.3 is 10.1 Å². The van der Waals surface area contributed by atoms with E-state index in [4.69, 9.17) is 4.74 Å². The molecule has 0 radical (unpaired) electrons. The maximum Gasteiger partial charge on any atom is 0.0758 e. The minimum absolute atomic E-state index is 0.466. The first-order valence-corrected chi connectivity index (χ1v) is 8.71. The first kappa shape index (κ1) is 15.3. The Morgan fingerprint density at radius 2 is 1.47 bits per heavy atom. The number of nitrogens with one attached hydrogen (secondary N) is 1. The number of hydrogen-bond donors (Lipinski definition) is 1. The molecule has 2 atom stereocenters. The van der Waals surface area contributed by atoms with Gasteiger partial charge in [0.2, 0.25) is 0 Å². The standard InChI is InChI=1S/C17H33NO/c1-3-18-16(14-10-8-9-11-14)17(19-4-2)15-12-6-5-7-13-15/h14-18H,3-13H2,1-2H3. The van der Waals surface area contributed by atoms with Crippen LogP contribution in [0.3, 0.4) is 0 Å². The molecule has 0 aromatic heterocycles. The van der Waals surface area contributed by atoms with Crippen molar-refractivity contribution in [2.45, 2.75) is 83.8 Å². The molecule has 1 N–H and O–H groups in total. The van der Waals surface area contributed by atoms with Gasteiger partial charge >= 0.3 is 0 Å². The van der Waals surface area contributed by atoms with Gasteiger partial charge in [-0.15, -0.1) is 0 Å². The highest BCUT2D eigenvalue weighted by Crippen LogP contribution is 2.36. The van der Waals surface area contributed by atoms with Crippen LogP contribution in [0.1, 0.15) is 71.6 Å². The highest BCUT2D eigenvalue weighted by Gasteiger charge is 2.36. The third-order valence-corrected chi connectivity index (χ3v) is 5.18. The molecule has 0 spiro atoms. The summed E-state index contributed by atoms with van der Waals surface area (Å²) >= 11 is 0. The van der Waals surface area contributed by atoms with Crippen LogP contribution in [0.2, 0.25) is 0 Å². The second-order valence-electron chi connectivity index (χ2n) is 6.45. The van der Waals surface area contributed by atoms with E-state index < -0.39 is 0 Å². The Bertz CT molecular complexity index is 231. The average Bonchev–Trinajstić information content (AvgIpc) is 2.97. The summed E-state index contributed by atoms with van der Waals surface area (Å²) in [5.74, 6) is 1.66. The van der Waals surface area contributed by atoms with Gasteiger partial charge in [0.15, 0.2) is 0 Å². The van der Waals surface area contributed by atoms with E-state index in [1.54, 1.807) is 0 Å². The smallest absolute Gasteiger partial charge is 0.0758 e. The molecular weight excluding hydrogens is 234 g/mol. The first-order chi connectivity index (χ1) is 9.36. The lowest BCUT2D eigenvalue weighted by Crippen LogP contribution is -2.49. The summed E-state index contributed by atoms with van der Waals surface area (Å²) in [5, 5.41) is 3.78. The number of likely N-dealkylation sites (N-methyl/N-ethyl adjacent to an activating group) is 1. The van der Waals surface area contributed by atoms with Crippen molar-refractivity contribution in [2.24, 2.45) is 11.8 Å². The van der Waals surface area contributed by atoms with Crippen LogP contribution in [0.25, 0.3) is 0 Å². The number of rotatable bonds is 7. The summed E-state index contributed by atoms with van der Waals surface area (Å²) in [4.78, 5) is 0. The largest absolute Gasteiger partial charge is 0.377 e. The van der Waals surface area contributed by atoms with Crippen LogP contribution >= 0.6 is 0 Å². The topological polar surface area (TPSA) is 21.3 Å². The van der Waals surface area contributed by atoms with Crippen molar-refractivity contribution in [3.63, 3.8) is 0 Å². The molecule has 2 saturated carbocycles. The lowest BCUT2D eigenvalue weighted by atomic mass is 9.79.